The van der Waals surface area contributed by atoms with Crippen LogP contribution in [0.2, 0.25) is 0 Å². The van der Waals surface area contributed by atoms with Crippen LogP contribution in [0.5, 0.6) is 0 Å². The lowest BCUT2D eigenvalue weighted by Gasteiger charge is -2.28. The van der Waals surface area contributed by atoms with Crippen molar-refractivity contribution in [2.75, 3.05) is 26.3 Å². The zero-order valence-electron chi connectivity index (χ0n) is 8.94. The Bertz CT molecular complexity index is 194. The van der Waals surface area contributed by atoms with Gasteiger partial charge in [-0.25, -0.2) is 5.32 Å². The highest BCUT2D eigenvalue weighted by Gasteiger charge is 2.36. The molecule has 0 spiro atoms. The van der Waals surface area contributed by atoms with Gasteiger partial charge in [-0.15, -0.1) is 0 Å². The van der Waals surface area contributed by atoms with Gasteiger partial charge in [0.2, 0.25) is 0 Å². The highest BCUT2D eigenvalue weighted by molar-refractivity contribution is 7.54. The van der Waals surface area contributed by atoms with Crippen LogP contribution in [-0.2, 0) is 13.6 Å². The first-order chi connectivity index (χ1) is 6.73. The summed E-state index contributed by atoms with van der Waals surface area (Å²) in [6, 6.07) is 0. The molecule has 1 heterocycles. The molecule has 0 saturated carbocycles. The Balaban J connectivity index is 2.59. The van der Waals surface area contributed by atoms with Crippen molar-refractivity contribution in [2.24, 2.45) is 0 Å². The van der Waals surface area contributed by atoms with E-state index in [9.17, 15) is 4.57 Å². The van der Waals surface area contributed by atoms with Crippen LogP contribution in [0.4, 0.5) is 0 Å². The average Bonchev–Trinajstić information content (AvgIpc) is 2.20. The Morgan fingerprint density at radius 2 is 1.71 bits per heavy atom. The van der Waals surface area contributed by atoms with Gasteiger partial charge in [0, 0.05) is 13.1 Å². The number of rotatable bonds is 5. The maximum absolute atomic E-state index is 12.3. The molecule has 1 rings (SSSR count). The van der Waals surface area contributed by atoms with Crippen molar-refractivity contribution < 1.29 is 13.6 Å². The van der Waals surface area contributed by atoms with Gasteiger partial charge >= 0.3 is 7.60 Å². The van der Waals surface area contributed by atoms with Gasteiger partial charge in [0.05, 0.1) is 18.9 Å². The standard InChI is InChI=1S/C9H19NO3P/c1-3-12-14(11,13-4-2)9-5-7-10-8-6-9/h9H,3-8H2,1-2H3. The molecule has 0 amide bonds. The fourth-order valence-corrected chi connectivity index (χ4v) is 3.74. The molecular weight excluding hydrogens is 201 g/mol. The summed E-state index contributed by atoms with van der Waals surface area (Å²) in [6.07, 6.45) is 1.66. The molecule has 0 N–H and O–H groups in total. The molecule has 0 aromatic heterocycles. The Kier molecular flexibility index (Phi) is 5.10. The van der Waals surface area contributed by atoms with Crippen LogP contribution in [0.25, 0.3) is 0 Å². The highest BCUT2D eigenvalue weighted by atomic mass is 31.2. The predicted octanol–water partition coefficient (Wildman–Crippen LogP) is 2.02. The Morgan fingerprint density at radius 3 is 2.14 bits per heavy atom. The molecule has 0 unspecified atom stereocenters. The van der Waals surface area contributed by atoms with E-state index in [0.29, 0.717) is 13.2 Å². The van der Waals surface area contributed by atoms with Crippen LogP contribution in [0.3, 0.4) is 0 Å². The summed E-state index contributed by atoms with van der Waals surface area (Å²) in [5.41, 5.74) is 0.0555. The lowest BCUT2D eigenvalue weighted by Crippen LogP contribution is -2.27. The molecular formula is C9H19NO3P. The maximum atomic E-state index is 12.3. The van der Waals surface area contributed by atoms with Crippen molar-refractivity contribution >= 4 is 7.60 Å². The van der Waals surface area contributed by atoms with E-state index in [0.717, 1.165) is 25.9 Å². The summed E-state index contributed by atoms with van der Waals surface area (Å²) in [7, 11) is -2.85. The molecule has 14 heavy (non-hydrogen) atoms. The first-order valence-electron chi connectivity index (χ1n) is 5.25. The number of hydrogen-bond donors (Lipinski definition) is 0. The van der Waals surface area contributed by atoms with Crippen molar-refractivity contribution in [3.63, 3.8) is 0 Å². The lowest BCUT2D eigenvalue weighted by molar-refractivity contribution is 0.206. The smallest absolute Gasteiger partial charge is 0.309 e. The third kappa shape index (κ3) is 3.06. The highest BCUT2D eigenvalue weighted by Crippen LogP contribution is 2.55. The van der Waals surface area contributed by atoms with Crippen molar-refractivity contribution in [1.29, 1.82) is 0 Å². The van der Waals surface area contributed by atoms with Gasteiger partial charge in [-0.05, 0) is 26.7 Å². The molecule has 83 valence electrons. The first-order valence-corrected chi connectivity index (χ1v) is 6.86. The molecule has 1 aliphatic heterocycles. The van der Waals surface area contributed by atoms with E-state index < -0.39 is 7.60 Å². The topological polar surface area (TPSA) is 49.6 Å². The van der Waals surface area contributed by atoms with Crippen LogP contribution < -0.4 is 5.32 Å². The van der Waals surface area contributed by atoms with E-state index in [4.69, 9.17) is 9.05 Å². The van der Waals surface area contributed by atoms with Crippen LogP contribution in [0.1, 0.15) is 26.7 Å². The molecule has 0 bridgehead atoms. The van der Waals surface area contributed by atoms with Crippen LogP contribution >= 0.6 is 7.60 Å². The molecule has 1 radical (unpaired) electrons. The summed E-state index contributed by atoms with van der Waals surface area (Å²) >= 11 is 0. The molecule has 0 atom stereocenters. The number of piperidine rings is 1. The summed E-state index contributed by atoms with van der Waals surface area (Å²) in [5.74, 6) is 0. The molecule has 1 saturated heterocycles. The Labute approximate surface area is 85.9 Å². The van der Waals surface area contributed by atoms with Crippen molar-refractivity contribution in [2.45, 2.75) is 32.3 Å². The summed E-state index contributed by atoms with van der Waals surface area (Å²) < 4.78 is 22.9. The largest absolute Gasteiger partial charge is 0.333 e. The maximum Gasteiger partial charge on any atom is 0.333 e. The van der Waals surface area contributed by atoms with Gasteiger partial charge in [0.1, 0.15) is 0 Å². The summed E-state index contributed by atoms with van der Waals surface area (Å²) in [5, 5.41) is 4.23. The van der Waals surface area contributed by atoms with Gasteiger partial charge in [-0.3, -0.25) is 4.57 Å². The summed E-state index contributed by atoms with van der Waals surface area (Å²) in [6.45, 7) is 6.16. The third-order valence-corrected chi connectivity index (χ3v) is 4.95. The van der Waals surface area contributed by atoms with Gasteiger partial charge in [0.15, 0.2) is 0 Å². The van der Waals surface area contributed by atoms with E-state index in [2.05, 4.69) is 5.32 Å². The monoisotopic (exact) mass is 220 g/mol. The molecule has 0 aliphatic carbocycles. The number of nitrogens with zero attached hydrogens (tertiary/aromatic N) is 1. The fourth-order valence-electron chi connectivity index (χ4n) is 1.66. The van der Waals surface area contributed by atoms with Gasteiger partial charge < -0.3 is 9.05 Å². The zero-order valence-corrected chi connectivity index (χ0v) is 9.83. The van der Waals surface area contributed by atoms with Gasteiger partial charge in [-0.1, -0.05) is 0 Å². The fraction of sp³-hybridized carbons (Fsp3) is 1.00. The second-order valence-electron chi connectivity index (χ2n) is 3.28. The molecule has 1 aliphatic rings. The minimum absolute atomic E-state index is 0.0555. The van der Waals surface area contributed by atoms with E-state index in [1.807, 2.05) is 13.8 Å². The third-order valence-electron chi connectivity index (χ3n) is 2.31. The molecule has 0 aromatic carbocycles. The Hall–Kier alpha value is 0.110. The van der Waals surface area contributed by atoms with Crippen molar-refractivity contribution in [3.8, 4) is 0 Å². The molecule has 1 fully saturated rings. The second kappa shape index (κ2) is 5.86. The van der Waals surface area contributed by atoms with Gasteiger partial charge in [-0.2, -0.15) is 0 Å². The molecule has 0 aromatic rings. The number of hydrogen-bond acceptors (Lipinski definition) is 3. The lowest BCUT2D eigenvalue weighted by atomic mass is 10.2. The van der Waals surface area contributed by atoms with Crippen molar-refractivity contribution in [3.05, 3.63) is 0 Å². The first kappa shape index (κ1) is 12.2. The Morgan fingerprint density at radius 1 is 1.21 bits per heavy atom. The molecule has 5 heteroatoms. The van der Waals surface area contributed by atoms with Crippen molar-refractivity contribution in [1.82, 2.24) is 5.32 Å². The quantitative estimate of drug-likeness (QED) is 0.666. The van der Waals surface area contributed by atoms with E-state index >= 15 is 0 Å². The van der Waals surface area contributed by atoms with Crippen LogP contribution in [0.15, 0.2) is 0 Å². The van der Waals surface area contributed by atoms with Crippen LogP contribution in [0, 0.1) is 0 Å². The minimum Gasteiger partial charge on any atom is -0.309 e. The molecule has 4 nitrogen and oxygen atoms in total. The average molecular weight is 220 g/mol. The minimum atomic E-state index is -2.85. The second-order valence-corrected chi connectivity index (χ2v) is 5.60. The SMILES string of the molecule is CCOP(=O)(OCC)C1CC[N]CC1. The van der Waals surface area contributed by atoms with Crippen LogP contribution in [-0.4, -0.2) is 32.0 Å². The normalized spacial score (nSPS) is 19.9. The van der Waals surface area contributed by atoms with E-state index in [-0.39, 0.29) is 5.66 Å². The zero-order chi connectivity index (χ0) is 10.4. The van der Waals surface area contributed by atoms with E-state index in [1.54, 1.807) is 0 Å². The van der Waals surface area contributed by atoms with Gasteiger partial charge in [0.25, 0.3) is 0 Å². The summed E-state index contributed by atoms with van der Waals surface area (Å²) in [4.78, 5) is 0. The van der Waals surface area contributed by atoms with E-state index in [1.165, 1.54) is 0 Å². The predicted molar refractivity (Wildman–Crippen MR) is 55.7 cm³/mol.